The molecule has 1 aliphatic heterocycles. The second kappa shape index (κ2) is 8.93. The van der Waals surface area contributed by atoms with Gasteiger partial charge in [-0.15, -0.1) is 0 Å². The second-order valence-corrected chi connectivity index (χ2v) is 8.52. The molecular formula is C23H22FN3O3S. The Kier molecular flexibility index (Phi) is 6.08. The molecule has 6 nitrogen and oxygen atoms in total. The number of carbonyl (C=O) groups is 1. The zero-order valence-corrected chi connectivity index (χ0v) is 18.0. The largest absolute Gasteiger partial charge is 0.491 e. The van der Waals surface area contributed by atoms with Crippen LogP contribution in [0.3, 0.4) is 0 Å². The van der Waals surface area contributed by atoms with Gasteiger partial charge in [0.15, 0.2) is 5.16 Å². The number of benzene rings is 2. The van der Waals surface area contributed by atoms with Crippen molar-refractivity contribution in [2.24, 2.45) is 0 Å². The van der Waals surface area contributed by atoms with E-state index in [9.17, 15) is 14.0 Å². The van der Waals surface area contributed by atoms with E-state index < -0.39 is 5.92 Å². The number of para-hydroxylation sites is 1. The molecular weight excluding hydrogens is 417 g/mol. The molecule has 1 aliphatic rings. The molecule has 160 valence electrons. The fraction of sp³-hybridized carbons (Fsp3) is 0.261. The molecule has 2 heterocycles. The topological polar surface area (TPSA) is 84.1 Å². The van der Waals surface area contributed by atoms with Crippen LogP contribution < -0.4 is 15.6 Å². The Morgan fingerprint density at radius 2 is 1.90 bits per heavy atom. The van der Waals surface area contributed by atoms with Gasteiger partial charge < -0.3 is 15.0 Å². The van der Waals surface area contributed by atoms with Crippen molar-refractivity contribution in [2.75, 3.05) is 5.32 Å². The van der Waals surface area contributed by atoms with Crippen molar-refractivity contribution in [3.05, 3.63) is 81.4 Å². The number of H-pyrrole nitrogens is 1. The number of amides is 1. The molecule has 1 atom stereocenters. The quantitative estimate of drug-likeness (QED) is 0.438. The van der Waals surface area contributed by atoms with Crippen LogP contribution in [0.25, 0.3) is 0 Å². The molecule has 0 fully saturated rings. The highest BCUT2D eigenvalue weighted by Gasteiger charge is 2.32. The zero-order valence-electron chi connectivity index (χ0n) is 17.1. The Balaban J connectivity index is 1.66. The summed E-state index contributed by atoms with van der Waals surface area (Å²) in [6.45, 7) is 3.86. The van der Waals surface area contributed by atoms with Crippen LogP contribution in [0.5, 0.6) is 5.75 Å². The summed E-state index contributed by atoms with van der Waals surface area (Å²) in [4.78, 5) is 32.8. The van der Waals surface area contributed by atoms with Crippen LogP contribution in [0.1, 0.15) is 42.9 Å². The van der Waals surface area contributed by atoms with Crippen molar-refractivity contribution in [1.82, 2.24) is 9.97 Å². The van der Waals surface area contributed by atoms with Gasteiger partial charge >= 0.3 is 0 Å². The molecule has 2 N–H and O–H groups in total. The molecule has 31 heavy (non-hydrogen) atoms. The molecule has 0 aliphatic carbocycles. The first-order chi connectivity index (χ1) is 14.9. The number of aromatic amines is 1. The first-order valence-electron chi connectivity index (χ1n) is 9.97. The lowest BCUT2D eigenvalue weighted by atomic mass is 9.86. The van der Waals surface area contributed by atoms with Gasteiger partial charge in [-0.3, -0.25) is 9.59 Å². The van der Waals surface area contributed by atoms with Gasteiger partial charge in [0.25, 0.3) is 5.56 Å². The van der Waals surface area contributed by atoms with Crippen LogP contribution >= 0.6 is 11.8 Å². The number of anilines is 1. The minimum Gasteiger partial charge on any atom is -0.491 e. The van der Waals surface area contributed by atoms with E-state index in [1.165, 1.54) is 23.9 Å². The lowest BCUT2D eigenvalue weighted by Crippen LogP contribution is -2.31. The molecule has 0 spiro atoms. The molecule has 3 aromatic rings. The summed E-state index contributed by atoms with van der Waals surface area (Å²) in [6.07, 6.45) is 0.0952. The van der Waals surface area contributed by atoms with Gasteiger partial charge in [0.2, 0.25) is 5.91 Å². The van der Waals surface area contributed by atoms with E-state index >= 15 is 0 Å². The molecule has 8 heteroatoms. The summed E-state index contributed by atoms with van der Waals surface area (Å²) in [7, 11) is 0. The van der Waals surface area contributed by atoms with E-state index in [2.05, 4.69) is 15.3 Å². The van der Waals surface area contributed by atoms with Gasteiger partial charge in [0, 0.05) is 23.7 Å². The fourth-order valence-electron chi connectivity index (χ4n) is 3.55. The summed E-state index contributed by atoms with van der Waals surface area (Å²) in [5.74, 6) is 0.466. The Bertz CT molecular complexity index is 1160. The summed E-state index contributed by atoms with van der Waals surface area (Å²) in [5.41, 5.74) is 1.81. The molecule has 4 rings (SSSR count). The number of ether oxygens (including phenoxy) is 1. The number of rotatable bonds is 6. The zero-order chi connectivity index (χ0) is 22.0. The molecule has 1 aromatic heterocycles. The first-order valence-corrected chi connectivity index (χ1v) is 11.0. The molecule has 0 radical (unpaired) electrons. The number of halogens is 1. The van der Waals surface area contributed by atoms with Crippen molar-refractivity contribution < 1.29 is 13.9 Å². The molecule has 1 amide bonds. The number of thioether (sulfide) groups is 1. The highest BCUT2D eigenvalue weighted by atomic mass is 32.2. The normalized spacial score (nSPS) is 15.5. The maximum atomic E-state index is 13.1. The number of carbonyl (C=O) groups excluding carboxylic acids is 1. The summed E-state index contributed by atoms with van der Waals surface area (Å²) >= 11 is 1.31. The van der Waals surface area contributed by atoms with E-state index in [1.807, 2.05) is 38.1 Å². The Morgan fingerprint density at radius 1 is 1.16 bits per heavy atom. The third-order valence-corrected chi connectivity index (χ3v) is 5.82. The van der Waals surface area contributed by atoms with Crippen molar-refractivity contribution in [3.63, 3.8) is 0 Å². The Morgan fingerprint density at radius 3 is 2.65 bits per heavy atom. The van der Waals surface area contributed by atoms with Crippen LogP contribution in [0.4, 0.5) is 10.2 Å². The minimum atomic E-state index is -0.453. The summed E-state index contributed by atoms with van der Waals surface area (Å²) < 4.78 is 19.0. The van der Waals surface area contributed by atoms with Crippen LogP contribution in [0.15, 0.2) is 58.5 Å². The van der Waals surface area contributed by atoms with Gasteiger partial charge in [-0.1, -0.05) is 42.1 Å². The maximum Gasteiger partial charge on any atom is 0.257 e. The molecule has 2 aromatic carbocycles. The maximum absolute atomic E-state index is 13.1. The number of nitrogens with zero attached hydrogens (tertiary/aromatic N) is 1. The molecule has 0 saturated carbocycles. The monoisotopic (exact) mass is 439 g/mol. The van der Waals surface area contributed by atoms with Gasteiger partial charge in [0.05, 0.1) is 11.7 Å². The van der Waals surface area contributed by atoms with Gasteiger partial charge in [-0.05, 0) is 37.6 Å². The summed E-state index contributed by atoms with van der Waals surface area (Å²) in [5, 5.41) is 3.12. The van der Waals surface area contributed by atoms with Gasteiger partial charge in [0.1, 0.15) is 17.4 Å². The third kappa shape index (κ3) is 4.80. The van der Waals surface area contributed by atoms with Crippen LogP contribution in [-0.4, -0.2) is 22.0 Å². The van der Waals surface area contributed by atoms with E-state index in [1.54, 1.807) is 12.1 Å². The third-order valence-electron chi connectivity index (χ3n) is 4.88. The molecule has 0 bridgehead atoms. The predicted octanol–water partition coefficient (Wildman–Crippen LogP) is 4.46. The lowest BCUT2D eigenvalue weighted by molar-refractivity contribution is -0.116. The summed E-state index contributed by atoms with van der Waals surface area (Å²) in [6, 6.07) is 13.6. The molecule has 0 saturated heterocycles. The van der Waals surface area contributed by atoms with E-state index in [0.29, 0.717) is 22.2 Å². The number of hydrogen-bond donors (Lipinski definition) is 2. The van der Waals surface area contributed by atoms with Crippen LogP contribution in [-0.2, 0) is 10.5 Å². The average molecular weight is 440 g/mol. The smallest absolute Gasteiger partial charge is 0.257 e. The van der Waals surface area contributed by atoms with Crippen molar-refractivity contribution >= 4 is 23.5 Å². The SMILES string of the molecule is CC(C)Oc1ccccc1[C@H]1CC(=O)Nc2nc(SCc3ccc(F)cc3)[nH]c(=O)c21. The van der Waals surface area contributed by atoms with Crippen LogP contribution in [0.2, 0.25) is 0 Å². The minimum absolute atomic E-state index is 0.0420. The number of nitrogens with one attached hydrogen (secondary N) is 2. The van der Waals surface area contributed by atoms with Gasteiger partial charge in [-0.25, -0.2) is 9.37 Å². The number of hydrogen-bond acceptors (Lipinski definition) is 5. The highest BCUT2D eigenvalue weighted by molar-refractivity contribution is 7.98. The lowest BCUT2D eigenvalue weighted by Gasteiger charge is -2.26. The fourth-order valence-corrected chi connectivity index (χ4v) is 4.36. The highest BCUT2D eigenvalue weighted by Crippen LogP contribution is 2.39. The molecule has 0 unspecified atom stereocenters. The van der Waals surface area contributed by atoms with Gasteiger partial charge in [-0.2, -0.15) is 0 Å². The van der Waals surface area contributed by atoms with Crippen molar-refractivity contribution in [1.29, 1.82) is 0 Å². The van der Waals surface area contributed by atoms with Crippen LogP contribution in [0, 0.1) is 5.82 Å². The second-order valence-electron chi connectivity index (χ2n) is 7.56. The predicted molar refractivity (Wildman–Crippen MR) is 118 cm³/mol. The van der Waals surface area contributed by atoms with E-state index in [-0.39, 0.29) is 35.6 Å². The van der Waals surface area contributed by atoms with E-state index in [4.69, 9.17) is 4.74 Å². The Labute approximate surface area is 183 Å². The number of fused-ring (bicyclic) bond motifs is 1. The van der Waals surface area contributed by atoms with E-state index in [0.717, 1.165) is 11.1 Å². The first kappa shape index (κ1) is 21.1. The average Bonchev–Trinajstić information content (AvgIpc) is 2.72. The van der Waals surface area contributed by atoms with Crippen molar-refractivity contribution in [2.45, 2.75) is 43.2 Å². The van der Waals surface area contributed by atoms with Crippen molar-refractivity contribution in [3.8, 4) is 5.75 Å². The Hall–Kier alpha value is -3.13. The standard InChI is InChI=1S/C23H22FN3O3S/c1-13(2)30-18-6-4-3-5-16(18)17-11-19(28)25-21-20(17)22(29)27-23(26-21)31-12-14-7-9-15(24)10-8-14/h3-10,13,17H,11-12H2,1-2H3,(H2,25,26,27,28,29)/t17-/m1/s1. The number of aromatic nitrogens is 2.